The molecule has 5 heteroatoms. The van der Waals surface area contributed by atoms with Crippen molar-refractivity contribution in [2.45, 2.75) is 6.92 Å². The Morgan fingerprint density at radius 3 is 2.70 bits per heavy atom. The average Bonchev–Trinajstić information content (AvgIpc) is 2.54. The van der Waals surface area contributed by atoms with Gasteiger partial charge in [0.05, 0.1) is 5.52 Å². The van der Waals surface area contributed by atoms with E-state index in [1.807, 2.05) is 30.0 Å². The zero-order valence-electron chi connectivity index (χ0n) is 13.4. The number of likely N-dealkylation sites (N-methyl/N-ethyl adjacent to an activating group) is 1. The number of rotatable bonds is 2. The van der Waals surface area contributed by atoms with Crippen LogP contribution in [0.5, 0.6) is 0 Å². The Balaban J connectivity index is 1.89. The summed E-state index contributed by atoms with van der Waals surface area (Å²) in [7, 11) is 2.09. The molecule has 0 spiro atoms. The van der Waals surface area contributed by atoms with Crippen molar-refractivity contribution in [3.63, 3.8) is 0 Å². The number of carbonyl (C=O) groups excluding carboxylic acids is 1. The maximum atomic E-state index is 12.5. The molecule has 2 heterocycles. The third-order valence-corrected chi connectivity index (χ3v) is 4.78. The Labute approximate surface area is 144 Å². The molecule has 1 saturated heterocycles. The first-order valence-electron chi connectivity index (χ1n) is 7.75. The normalized spacial score (nSPS) is 16.8. The fraction of sp³-hybridized carbons (Fsp3) is 0.333. The zero-order chi connectivity index (χ0) is 16.4. The highest BCUT2D eigenvalue weighted by Gasteiger charge is 2.17. The second-order valence-electron chi connectivity index (χ2n) is 5.98. The number of allylic oxidation sites excluding steroid dienone is 1. The lowest BCUT2D eigenvalue weighted by Crippen LogP contribution is -2.46. The van der Waals surface area contributed by atoms with Gasteiger partial charge in [0.15, 0.2) is 0 Å². The fourth-order valence-electron chi connectivity index (χ4n) is 2.84. The third kappa shape index (κ3) is 3.62. The van der Waals surface area contributed by atoms with E-state index in [9.17, 15) is 4.79 Å². The molecule has 1 aliphatic heterocycles. The molecule has 4 nitrogen and oxygen atoms in total. The van der Waals surface area contributed by atoms with Gasteiger partial charge in [-0.2, -0.15) is 0 Å². The summed E-state index contributed by atoms with van der Waals surface area (Å²) in [5.41, 5.74) is 2.96. The number of hydrogen-bond acceptors (Lipinski definition) is 3. The number of benzene rings is 1. The van der Waals surface area contributed by atoms with E-state index in [0.717, 1.165) is 52.7 Å². The second-order valence-corrected chi connectivity index (χ2v) is 6.89. The number of carbonyl (C=O) groups is 1. The first kappa shape index (κ1) is 16.1. The highest BCUT2D eigenvalue weighted by atomic mass is 79.9. The summed E-state index contributed by atoms with van der Waals surface area (Å²) in [5, 5.41) is 1.06. The van der Waals surface area contributed by atoms with E-state index in [1.165, 1.54) is 0 Å². The minimum Gasteiger partial charge on any atom is -0.337 e. The minimum absolute atomic E-state index is 0.0931. The molecule has 1 fully saturated rings. The maximum Gasteiger partial charge on any atom is 0.246 e. The van der Waals surface area contributed by atoms with Gasteiger partial charge in [-0.25, -0.2) is 0 Å². The lowest BCUT2D eigenvalue weighted by Gasteiger charge is -2.31. The van der Waals surface area contributed by atoms with Gasteiger partial charge in [-0.05, 0) is 49.4 Å². The predicted octanol–water partition coefficient (Wildman–Crippen LogP) is 3.17. The molecule has 0 atom stereocenters. The van der Waals surface area contributed by atoms with Crippen molar-refractivity contribution >= 4 is 38.3 Å². The number of nitrogens with zero attached hydrogens (tertiary/aromatic N) is 3. The standard InChI is InChI=1S/C18H20BrN3O/c1-13(11-18(23)22-9-7-21(2)8-10-22)15-5-6-20-17-4-3-14(19)12-16(15)17/h3-6,11-12H,7-10H2,1-2H3/b13-11+. The molecule has 1 amide bonds. The largest absolute Gasteiger partial charge is 0.337 e. The molecule has 2 aromatic rings. The number of fused-ring (bicyclic) bond motifs is 1. The minimum atomic E-state index is 0.0931. The van der Waals surface area contributed by atoms with Gasteiger partial charge in [0.2, 0.25) is 5.91 Å². The Hall–Kier alpha value is -1.72. The summed E-state index contributed by atoms with van der Waals surface area (Å²) in [6.07, 6.45) is 3.55. The average molecular weight is 374 g/mol. The first-order valence-corrected chi connectivity index (χ1v) is 8.54. The third-order valence-electron chi connectivity index (χ3n) is 4.28. The number of halogens is 1. The van der Waals surface area contributed by atoms with Crippen LogP contribution in [-0.4, -0.2) is 53.9 Å². The molecule has 3 rings (SSSR count). The molecule has 0 N–H and O–H groups in total. The van der Waals surface area contributed by atoms with E-state index in [2.05, 4.69) is 38.9 Å². The second kappa shape index (κ2) is 6.81. The summed E-state index contributed by atoms with van der Waals surface area (Å²) in [6.45, 7) is 5.45. The number of pyridine rings is 1. The van der Waals surface area contributed by atoms with Crippen molar-refractivity contribution in [3.8, 4) is 0 Å². The first-order chi connectivity index (χ1) is 11.0. The molecule has 1 aromatic carbocycles. The molecule has 0 aliphatic carbocycles. The summed E-state index contributed by atoms with van der Waals surface area (Å²) in [5.74, 6) is 0.0931. The number of amides is 1. The van der Waals surface area contributed by atoms with Crippen molar-refractivity contribution in [1.29, 1.82) is 0 Å². The van der Waals surface area contributed by atoms with E-state index in [1.54, 1.807) is 12.3 Å². The highest BCUT2D eigenvalue weighted by Crippen LogP contribution is 2.26. The van der Waals surface area contributed by atoms with E-state index < -0.39 is 0 Å². The lowest BCUT2D eigenvalue weighted by atomic mass is 10.0. The topological polar surface area (TPSA) is 36.4 Å². The van der Waals surface area contributed by atoms with Crippen LogP contribution in [0.25, 0.3) is 16.5 Å². The van der Waals surface area contributed by atoms with Crippen LogP contribution >= 0.6 is 15.9 Å². The predicted molar refractivity (Wildman–Crippen MR) is 97.2 cm³/mol. The van der Waals surface area contributed by atoms with E-state index in [4.69, 9.17) is 0 Å². The summed E-state index contributed by atoms with van der Waals surface area (Å²) in [6, 6.07) is 7.99. The number of aromatic nitrogens is 1. The van der Waals surface area contributed by atoms with Crippen LogP contribution in [0.3, 0.4) is 0 Å². The van der Waals surface area contributed by atoms with Gasteiger partial charge < -0.3 is 9.80 Å². The monoisotopic (exact) mass is 373 g/mol. The smallest absolute Gasteiger partial charge is 0.246 e. The van der Waals surface area contributed by atoms with Crippen molar-refractivity contribution in [1.82, 2.24) is 14.8 Å². The Morgan fingerprint density at radius 2 is 1.96 bits per heavy atom. The SMILES string of the molecule is C/C(=C\C(=O)N1CCN(C)CC1)c1ccnc2ccc(Br)cc12. The van der Waals surface area contributed by atoms with Crippen molar-refractivity contribution < 1.29 is 4.79 Å². The van der Waals surface area contributed by atoms with E-state index >= 15 is 0 Å². The molecule has 0 unspecified atom stereocenters. The van der Waals surface area contributed by atoms with Gasteiger partial charge in [-0.3, -0.25) is 9.78 Å². The molecule has 0 bridgehead atoms. The van der Waals surface area contributed by atoms with Crippen LogP contribution in [0.2, 0.25) is 0 Å². The van der Waals surface area contributed by atoms with Crippen molar-refractivity contribution in [3.05, 3.63) is 46.6 Å². The lowest BCUT2D eigenvalue weighted by molar-refractivity contribution is -0.127. The maximum absolute atomic E-state index is 12.5. The Morgan fingerprint density at radius 1 is 1.22 bits per heavy atom. The quantitative estimate of drug-likeness (QED) is 0.758. The molecular weight excluding hydrogens is 354 g/mol. The van der Waals surface area contributed by atoms with Gasteiger partial charge in [-0.1, -0.05) is 15.9 Å². The van der Waals surface area contributed by atoms with Gasteiger partial charge in [-0.15, -0.1) is 0 Å². The van der Waals surface area contributed by atoms with E-state index in [-0.39, 0.29) is 5.91 Å². The van der Waals surface area contributed by atoms with Crippen LogP contribution in [0.4, 0.5) is 0 Å². The van der Waals surface area contributed by atoms with Gasteiger partial charge >= 0.3 is 0 Å². The van der Waals surface area contributed by atoms with Gasteiger partial charge in [0.25, 0.3) is 0 Å². The van der Waals surface area contributed by atoms with Gasteiger partial charge in [0, 0.05) is 48.3 Å². The van der Waals surface area contributed by atoms with Crippen LogP contribution in [-0.2, 0) is 4.79 Å². The molecule has 1 aliphatic rings. The van der Waals surface area contributed by atoms with Crippen molar-refractivity contribution in [2.24, 2.45) is 0 Å². The fourth-order valence-corrected chi connectivity index (χ4v) is 3.20. The van der Waals surface area contributed by atoms with Crippen LogP contribution in [0, 0.1) is 0 Å². The van der Waals surface area contributed by atoms with E-state index in [0.29, 0.717) is 0 Å². The molecule has 0 radical (unpaired) electrons. The molecular formula is C18H20BrN3O. The summed E-state index contributed by atoms with van der Waals surface area (Å²) >= 11 is 3.51. The summed E-state index contributed by atoms with van der Waals surface area (Å²) < 4.78 is 1.01. The Kier molecular flexibility index (Phi) is 4.78. The van der Waals surface area contributed by atoms with Gasteiger partial charge in [0.1, 0.15) is 0 Å². The van der Waals surface area contributed by atoms with Crippen LogP contribution in [0.1, 0.15) is 12.5 Å². The van der Waals surface area contributed by atoms with Crippen LogP contribution < -0.4 is 0 Å². The van der Waals surface area contributed by atoms with Crippen LogP contribution in [0.15, 0.2) is 41.0 Å². The summed E-state index contributed by atoms with van der Waals surface area (Å²) in [4.78, 5) is 21.1. The zero-order valence-corrected chi connectivity index (χ0v) is 15.0. The molecule has 23 heavy (non-hydrogen) atoms. The van der Waals surface area contributed by atoms with Crippen molar-refractivity contribution in [2.75, 3.05) is 33.2 Å². The molecule has 120 valence electrons. The molecule has 0 saturated carbocycles. The Bertz CT molecular complexity index is 764. The highest BCUT2D eigenvalue weighted by molar-refractivity contribution is 9.10. The molecule has 1 aromatic heterocycles. The number of piperazine rings is 1. The number of hydrogen-bond donors (Lipinski definition) is 0.